The number of rotatable bonds is 6. The van der Waals surface area contributed by atoms with Crippen LogP contribution in [0.3, 0.4) is 0 Å². The average molecular weight is 276 g/mol. The van der Waals surface area contributed by atoms with E-state index in [1.54, 1.807) is 18.4 Å². The van der Waals surface area contributed by atoms with Crippen LogP contribution in [-0.4, -0.2) is 36.8 Å². The van der Waals surface area contributed by atoms with Crippen LogP contribution in [-0.2, 0) is 4.74 Å². The largest absolute Gasteiger partial charge is 0.497 e. The van der Waals surface area contributed by atoms with Gasteiger partial charge >= 0.3 is 0 Å². The lowest BCUT2D eigenvalue weighted by molar-refractivity contribution is 0.0945. The monoisotopic (exact) mass is 276 g/mol. The Hall–Kier alpha value is -2.01. The van der Waals surface area contributed by atoms with Crippen LogP contribution in [0.5, 0.6) is 0 Å². The molecule has 0 radical (unpaired) electrons. The second-order valence-corrected chi connectivity index (χ2v) is 4.65. The first-order valence-electron chi connectivity index (χ1n) is 6.83. The number of anilines is 1. The summed E-state index contributed by atoms with van der Waals surface area (Å²) in [6.07, 6.45) is 5.97. The second-order valence-electron chi connectivity index (χ2n) is 4.65. The number of benzene rings is 1. The highest BCUT2D eigenvalue weighted by Crippen LogP contribution is 2.14. The molecule has 2 rings (SSSR count). The van der Waals surface area contributed by atoms with Crippen molar-refractivity contribution >= 4 is 11.6 Å². The summed E-state index contributed by atoms with van der Waals surface area (Å²) in [6.45, 7) is 0.918. The number of nitrogens with one attached hydrogen (secondary N) is 2. The summed E-state index contributed by atoms with van der Waals surface area (Å²) in [5.41, 5.74) is 1.47. The average Bonchev–Trinajstić information content (AvgIpc) is 2.52. The predicted octanol–water partition coefficient (Wildman–Crippen LogP) is 1.51. The molecule has 0 saturated heterocycles. The highest BCUT2D eigenvalue weighted by Gasteiger charge is 2.11. The van der Waals surface area contributed by atoms with Gasteiger partial charge in [-0.2, -0.15) is 0 Å². The van der Waals surface area contributed by atoms with Gasteiger partial charge in [0.15, 0.2) is 0 Å². The summed E-state index contributed by atoms with van der Waals surface area (Å²) in [4.78, 5) is 11.8. The third-order valence-corrected chi connectivity index (χ3v) is 3.08. The highest BCUT2D eigenvalue weighted by atomic mass is 16.5. The van der Waals surface area contributed by atoms with Crippen LogP contribution in [0.1, 0.15) is 23.2 Å². The van der Waals surface area contributed by atoms with Gasteiger partial charge in [0, 0.05) is 17.8 Å². The molecular formula is C15H20N2O3. The van der Waals surface area contributed by atoms with Crippen molar-refractivity contribution in [1.29, 1.82) is 0 Å². The van der Waals surface area contributed by atoms with Crippen molar-refractivity contribution in [3.8, 4) is 0 Å². The van der Waals surface area contributed by atoms with E-state index < -0.39 is 0 Å². The molecule has 1 aromatic rings. The van der Waals surface area contributed by atoms with E-state index in [1.165, 1.54) is 0 Å². The van der Waals surface area contributed by atoms with Crippen LogP contribution in [0.15, 0.2) is 36.6 Å². The van der Waals surface area contributed by atoms with Crippen molar-refractivity contribution in [2.24, 2.45) is 0 Å². The first kappa shape index (κ1) is 14.4. The van der Waals surface area contributed by atoms with Gasteiger partial charge in [-0.05, 0) is 37.1 Å². The van der Waals surface area contributed by atoms with Gasteiger partial charge in [-0.15, -0.1) is 0 Å². The Labute approximate surface area is 118 Å². The lowest BCUT2D eigenvalue weighted by Crippen LogP contribution is -2.26. The molecule has 1 aromatic carbocycles. The topological polar surface area (TPSA) is 70.6 Å². The maximum Gasteiger partial charge on any atom is 0.251 e. The fourth-order valence-electron chi connectivity index (χ4n) is 2.01. The number of hydrogen-bond acceptors (Lipinski definition) is 4. The van der Waals surface area contributed by atoms with Crippen LogP contribution in [0, 0.1) is 0 Å². The van der Waals surface area contributed by atoms with E-state index in [0.29, 0.717) is 12.1 Å². The molecule has 0 saturated carbocycles. The van der Waals surface area contributed by atoms with Crippen LogP contribution >= 0.6 is 0 Å². The number of allylic oxidation sites excluding steroid dienone is 1. The number of hydrogen-bond donors (Lipinski definition) is 3. The zero-order valence-corrected chi connectivity index (χ0v) is 11.3. The molecule has 108 valence electrons. The molecule has 0 spiro atoms. The van der Waals surface area contributed by atoms with E-state index >= 15 is 0 Å². The summed E-state index contributed by atoms with van der Waals surface area (Å²) < 4.78 is 5.48. The van der Waals surface area contributed by atoms with Gasteiger partial charge < -0.3 is 20.5 Å². The van der Waals surface area contributed by atoms with Gasteiger partial charge in [0.05, 0.1) is 19.4 Å². The predicted molar refractivity (Wildman–Crippen MR) is 77.6 cm³/mol. The minimum atomic E-state index is -0.181. The van der Waals surface area contributed by atoms with Crippen molar-refractivity contribution in [3.05, 3.63) is 42.2 Å². The first-order chi connectivity index (χ1) is 9.79. The molecule has 5 nitrogen and oxygen atoms in total. The molecule has 20 heavy (non-hydrogen) atoms. The third-order valence-electron chi connectivity index (χ3n) is 3.08. The van der Waals surface area contributed by atoms with Crippen molar-refractivity contribution in [1.82, 2.24) is 5.32 Å². The summed E-state index contributed by atoms with van der Waals surface area (Å²) in [7, 11) is 0. The first-order valence-corrected chi connectivity index (χ1v) is 6.83. The van der Waals surface area contributed by atoms with Crippen molar-refractivity contribution < 1.29 is 14.6 Å². The van der Waals surface area contributed by atoms with Crippen molar-refractivity contribution in [2.45, 2.75) is 18.9 Å². The van der Waals surface area contributed by atoms with Crippen LogP contribution < -0.4 is 10.6 Å². The van der Waals surface area contributed by atoms with Crippen molar-refractivity contribution in [3.63, 3.8) is 0 Å². The Balaban J connectivity index is 1.88. The number of ether oxygens (including phenoxy) is 1. The molecule has 3 N–H and O–H groups in total. The van der Waals surface area contributed by atoms with Crippen molar-refractivity contribution in [2.75, 3.05) is 25.0 Å². The number of aliphatic hydroxyl groups is 1. The summed E-state index contributed by atoms with van der Waals surface area (Å²) in [5.74, 6) is -0.181. The fraction of sp³-hybridized carbons (Fsp3) is 0.400. The number of amides is 1. The Morgan fingerprint density at radius 1 is 1.45 bits per heavy atom. The maximum atomic E-state index is 11.8. The van der Waals surface area contributed by atoms with E-state index in [-0.39, 0.29) is 25.2 Å². The molecule has 1 aliphatic rings. The van der Waals surface area contributed by atoms with Crippen LogP contribution in [0.2, 0.25) is 0 Å². The molecular weight excluding hydrogens is 256 g/mol. The lowest BCUT2D eigenvalue weighted by Gasteiger charge is -2.20. The van der Waals surface area contributed by atoms with Gasteiger partial charge in [0.1, 0.15) is 6.10 Å². The SMILES string of the molecule is O=C(NCCO)c1cccc(NCC2CCC=CO2)c1. The van der Waals surface area contributed by atoms with Gasteiger partial charge in [0.2, 0.25) is 0 Å². The van der Waals surface area contributed by atoms with Crippen LogP contribution in [0.4, 0.5) is 5.69 Å². The number of carbonyl (C=O) groups excluding carboxylic acids is 1. The molecule has 1 atom stereocenters. The zero-order chi connectivity index (χ0) is 14.2. The molecule has 1 aliphatic heterocycles. The van der Waals surface area contributed by atoms with E-state index in [4.69, 9.17) is 9.84 Å². The molecule has 0 bridgehead atoms. The molecule has 0 aliphatic carbocycles. The molecule has 0 fully saturated rings. The van der Waals surface area contributed by atoms with Gasteiger partial charge in [-0.3, -0.25) is 4.79 Å². The quantitative estimate of drug-likeness (QED) is 0.736. The highest BCUT2D eigenvalue weighted by molar-refractivity contribution is 5.95. The minimum absolute atomic E-state index is 0.0593. The van der Waals surface area contributed by atoms with Gasteiger partial charge in [-0.1, -0.05) is 6.07 Å². The van der Waals surface area contributed by atoms with E-state index in [2.05, 4.69) is 10.6 Å². The molecule has 1 unspecified atom stereocenters. The molecule has 5 heteroatoms. The Bertz CT molecular complexity index is 474. The number of carbonyl (C=O) groups is 1. The minimum Gasteiger partial charge on any atom is -0.497 e. The Morgan fingerprint density at radius 3 is 3.10 bits per heavy atom. The summed E-state index contributed by atoms with van der Waals surface area (Å²) >= 11 is 0. The van der Waals surface area contributed by atoms with Crippen LogP contribution in [0.25, 0.3) is 0 Å². The number of aliphatic hydroxyl groups excluding tert-OH is 1. The molecule has 1 amide bonds. The van der Waals surface area contributed by atoms with E-state index in [1.807, 2.05) is 18.2 Å². The molecule has 0 aromatic heterocycles. The Morgan fingerprint density at radius 2 is 2.35 bits per heavy atom. The Kier molecular flexibility index (Phi) is 5.43. The second kappa shape index (κ2) is 7.55. The lowest BCUT2D eigenvalue weighted by atomic mass is 10.1. The smallest absolute Gasteiger partial charge is 0.251 e. The zero-order valence-electron chi connectivity index (χ0n) is 11.3. The normalized spacial score (nSPS) is 17.4. The third kappa shape index (κ3) is 4.28. The van der Waals surface area contributed by atoms with E-state index in [9.17, 15) is 4.79 Å². The summed E-state index contributed by atoms with van der Waals surface area (Å²) in [5, 5.41) is 14.6. The van der Waals surface area contributed by atoms with Gasteiger partial charge in [0.25, 0.3) is 5.91 Å². The molecule has 1 heterocycles. The fourth-order valence-corrected chi connectivity index (χ4v) is 2.01. The maximum absolute atomic E-state index is 11.8. The summed E-state index contributed by atoms with van der Waals surface area (Å²) in [6, 6.07) is 7.29. The van der Waals surface area contributed by atoms with Gasteiger partial charge in [-0.25, -0.2) is 0 Å². The standard InChI is InChI=1S/C15H20N2O3/c18-8-7-16-15(19)12-4-3-5-13(10-12)17-11-14-6-1-2-9-20-14/h2-5,9-10,14,17-18H,1,6-8,11H2,(H,16,19). The van der Waals surface area contributed by atoms with E-state index in [0.717, 1.165) is 18.5 Å².